The molecule has 0 saturated carbocycles. The van der Waals surface area contributed by atoms with Gasteiger partial charge in [-0.15, -0.1) is 0 Å². The molecule has 19 heavy (non-hydrogen) atoms. The summed E-state index contributed by atoms with van der Waals surface area (Å²) in [7, 11) is 3.93. The Morgan fingerprint density at radius 1 is 1.26 bits per heavy atom. The van der Waals surface area contributed by atoms with Crippen molar-refractivity contribution in [1.82, 2.24) is 14.7 Å². The molecule has 1 heterocycles. The van der Waals surface area contributed by atoms with Gasteiger partial charge in [-0.2, -0.15) is 5.10 Å². The number of para-hydroxylation sites is 1. The van der Waals surface area contributed by atoms with Crippen LogP contribution in [0.15, 0.2) is 36.5 Å². The molecule has 1 aromatic carbocycles. The third kappa shape index (κ3) is 3.09. The van der Waals surface area contributed by atoms with Crippen molar-refractivity contribution in [3.8, 4) is 5.69 Å². The fraction of sp³-hybridized carbons (Fsp3) is 0.333. The lowest BCUT2D eigenvalue weighted by molar-refractivity contribution is 0.0972. The first-order valence-electron chi connectivity index (χ1n) is 6.37. The topological polar surface area (TPSA) is 38.1 Å². The van der Waals surface area contributed by atoms with Crippen molar-refractivity contribution in [2.24, 2.45) is 0 Å². The van der Waals surface area contributed by atoms with E-state index >= 15 is 0 Å². The van der Waals surface area contributed by atoms with Crippen LogP contribution in [0, 0.1) is 6.92 Å². The molecule has 0 amide bonds. The van der Waals surface area contributed by atoms with Crippen LogP contribution >= 0.6 is 0 Å². The summed E-state index contributed by atoms with van der Waals surface area (Å²) >= 11 is 0. The van der Waals surface area contributed by atoms with Crippen LogP contribution in [0.25, 0.3) is 5.69 Å². The minimum absolute atomic E-state index is 0.147. The van der Waals surface area contributed by atoms with Crippen molar-refractivity contribution >= 4 is 5.78 Å². The molecule has 0 aliphatic heterocycles. The molecular formula is C15H19N3O. The van der Waals surface area contributed by atoms with E-state index in [9.17, 15) is 4.79 Å². The number of carbonyl (C=O) groups excluding carboxylic acids is 1. The second-order valence-electron chi connectivity index (χ2n) is 4.87. The Balaban J connectivity index is 2.21. The van der Waals surface area contributed by atoms with Crippen LogP contribution < -0.4 is 0 Å². The molecule has 2 aromatic rings. The summed E-state index contributed by atoms with van der Waals surface area (Å²) in [4.78, 5) is 14.1. The number of hydrogen-bond acceptors (Lipinski definition) is 3. The zero-order valence-corrected chi connectivity index (χ0v) is 11.6. The smallest absolute Gasteiger partial charge is 0.167 e. The van der Waals surface area contributed by atoms with Gasteiger partial charge in [0.2, 0.25) is 0 Å². The zero-order chi connectivity index (χ0) is 13.8. The van der Waals surface area contributed by atoms with Crippen molar-refractivity contribution in [1.29, 1.82) is 0 Å². The van der Waals surface area contributed by atoms with Gasteiger partial charge in [-0.1, -0.05) is 18.2 Å². The highest BCUT2D eigenvalue weighted by atomic mass is 16.1. The van der Waals surface area contributed by atoms with Gasteiger partial charge >= 0.3 is 0 Å². The molecule has 0 bridgehead atoms. The van der Waals surface area contributed by atoms with Gasteiger partial charge in [0.15, 0.2) is 5.78 Å². The van der Waals surface area contributed by atoms with E-state index < -0.39 is 0 Å². The molecule has 0 fully saturated rings. The summed E-state index contributed by atoms with van der Waals surface area (Å²) in [5.41, 5.74) is 2.59. The van der Waals surface area contributed by atoms with E-state index in [-0.39, 0.29) is 5.78 Å². The summed E-state index contributed by atoms with van der Waals surface area (Å²) in [5.74, 6) is 0.147. The van der Waals surface area contributed by atoms with Crippen LogP contribution in [-0.4, -0.2) is 41.1 Å². The number of nitrogens with zero attached hydrogens (tertiary/aromatic N) is 3. The lowest BCUT2D eigenvalue weighted by atomic mass is 10.1. The molecule has 0 saturated heterocycles. The Kier molecular flexibility index (Phi) is 4.12. The third-order valence-corrected chi connectivity index (χ3v) is 3.10. The van der Waals surface area contributed by atoms with Crippen LogP contribution in [0.5, 0.6) is 0 Å². The number of benzene rings is 1. The van der Waals surface area contributed by atoms with Gasteiger partial charge in [-0.05, 0) is 33.2 Å². The van der Waals surface area contributed by atoms with E-state index in [0.29, 0.717) is 12.0 Å². The Labute approximate surface area is 113 Å². The highest BCUT2D eigenvalue weighted by Gasteiger charge is 2.14. The van der Waals surface area contributed by atoms with Crippen molar-refractivity contribution in [3.63, 3.8) is 0 Å². The number of carbonyl (C=O) groups is 1. The third-order valence-electron chi connectivity index (χ3n) is 3.10. The largest absolute Gasteiger partial charge is 0.309 e. The summed E-state index contributed by atoms with van der Waals surface area (Å²) in [6.07, 6.45) is 2.19. The van der Waals surface area contributed by atoms with E-state index in [1.54, 1.807) is 6.20 Å². The predicted molar refractivity (Wildman–Crippen MR) is 75.8 cm³/mol. The standard InChI is InChI=1S/C15H19N3O/c1-12-14(15(19)9-10-17(2)3)11-16-18(12)13-7-5-4-6-8-13/h4-8,11H,9-10H2,1-3H3. The molecule has 0 aliphatic rings. The van der Waals surface area contributed by atoms with E-state index in [1.165, 1.54) is 0 Å². The molecule has 0 atom stereocenters. The van der Waals surface area contributed by atoms with E-state index in [4.69, 9.17) is 0 Å². The molecule has 0 aliphatic carbocycles. The lowest BCUT2D eigenvalue weighted by Gasteiger charge is -2.08. The van der Waals surface area contributed by atoms with E-state index in [2.05, 4.69) is 5.10 Å². The van der Waals surface area contributed by atoms with Crippen molar-refractivity contribution < 1.29 is 4.79 Å². The fourth-order valence-corrected chi connectivity index (χ4v) is 1.97. The predicted octanol–water partition coefficient (Wildman–Crippen LogP) is 2.32. The molecular weight excluding hydrogens is 238 g/mol. The number of rotatable bonds is 5. The van der Waals surface area contributed by atoms with Gasteiger partial charge < -0.3 is 4.90 Å². The molecule has 0 radical (unpaired) electrons. The highest BCUT2D eigenvalue weighted by molar-refractivity contribution is 5.97. The minimum atomic E-state index is 0.147. The van der Waals surface area contributed by atoms with Gasteiger partial charge in [0.1, 0.15) is 0 Å². The molecule has 100 valence electrons. The van der Waals surface area contributed by atoms with Crippen LogP contribution in [-0.2, 0) is 0 Å². The number of ketones is 1. The van der Waals surface area contributed by atoms with Crippen LogP contribution in [0.2, 0.25) is 0 Å². The van der Waals surface area contributed by atoms with E-state index in [1.807, 2.05) is 60.9 Å². The Bertz CT molecular complexity index is 558. The Hall–Kier alpha value is -1.94. The SMILES string of the molecule is Cc1c(C(=O)CCN(C)C)cnn1-c1ccccc1. The van der Waals surface area contributed by atoms with Crippen molar-refractivity contribution in [2.45, 2.75) is 13.3 Å². The quantitative estimate of drug-likeness (QED) is 0.771. The monoisotopic (exact) mass is 257 g/mol. The van der Waals surface area contributed by atoms with Gasteiger partial charge in [0.05, 0.1) is 23.1 Å². The first kappa shape index (κ1) is 13.5. The van der Waals surface area contributed by atoms with Crippen LogP contribution in [0.4, 0.5) is 0 Å². The second kappa shape index (κ2) is 5.80. The first-order chi connectivity index (χ1) is 9.09. The van der Waals surface area contributed by atoms with Gasteiger partial charge in [0.25, 0.3) is 0 Å². The fourth-order valence-electron chi connectivity index (χ4n) is 1.97. The molecule has 0 N–H and O–H groups in total. The van der Waals surface area contributed by atoms with E-state index in [0.717, 1.165) is 17.9 Å². The van der Waals surface area contributed by atoms with Crippen LogP contribution in [0.3, 0.4) is 0 Å². The Morgan fingerprint density at radius 2 is 1.95 bits per heavy atom. The van der Waals surface area contributed by atoms with Gasteiger partial charge in [0, 0.05) is 13.0 Å². The molecule has 0 spiro atoms. The van der Waals surface area contributed by atoms with Crippen molar-refractivity contribution in [2.75, 3.05) is 20.6 Å². The summed E-state index contributed by atoms with van der Waals surface area (Å²) < 4.78 is 1.81. The maximum absolute atomic E-state index is 12.1. The number of Topliss-reactive ketones (excluding diaryl/α,β-unsaturated/α-hetero) is 1. The molecule has 4 heteroatoms. The zero-order valence-electron chi connectivity index (χ0n) is 11.6. The number of hydrogen-bond donors (Lipinski definition) is 0. The second-order valence-corrected chi connectivity index (χ2v) is 4.87. The Morgan fingerprint density at radius 3 is 2.58 bits per heavy atom. The maximum atomic E-state index is 12.1. The molecule has 4 nitrogen and oxygen atoms in total. The molecule has 2 rings (SSSR count). The first-order valence-corrected chi connectivity index (χ1v) is 6.37. The highest BCUT2D eigenvalue weighted by Crippen LogP contribution is 2.15. The average molecular weight is 257 g/mol. The lowest BCUT2D eigenvalue weighted by Crippen LogP contribution is -2.17. The maximum Gasteiger partial charge on any atom is 0.167 e. The summed E-state index contributed by atoms with van der Waals surface area (Å²) in [6, 6.07) is 9.85. The minimum Gasteiger partial charge on any atom is -0.309 e. The summed E-state index contributed by atoms with van der Waals surface area (Å²) in [6.45, 7) is 2.69. The summed E-state index contributed by atoms with van der Waals surface area (Å²) in [5, 5.41) is 4.32. The van der Waals surface area contributed by atoms with Crippen molar-refractivity contribution in [3.05, 3.63) is 47.8 Å². The van der Waals surface area contributed by atoms with Gasteiger partial charge in [-0.25, -0.2) is 4.68 Å². The molecule has 0 unspecified atom stereocenters. The molecule has 1 aromatic heterocycles. The normalized spacial score (nSPS) is 10.9. The average Bonchev–Trinajstić information content (AvgIpc) is 2.79. The number of aromatic nitrogens is 2. The van der Waals surface area contributed by atoms with Gasteiger partial charge in [-0.3, -0.25) is 4.79 Å². The van der Waals surface area contributed by atoms with Crippen LogP contribution in [0.1, 0.15) is 22.5 Å².